The van der Waals surface area contributed by atoms with Crippen molar-refractivity contribution in [1.29, 1.82) is 0 Å². The first-order chi connectivity index (χ1) is 18.7. The Morgan fingerprint density at radius 2 is 1.85 bits per heavy atom. The molecule has 39 heavy (non-hydrogen) atoms. The maximum Gasteiger partial charge on any atom is 0.429 e. The van der Waals surface area contributed by atoms with Gasteiger partial charge in [-0.25, -0.2) is 14.2 Å². The Kier molecular flexibility index (Phi) is 9.37. The normalized spacial score (nSPS) is 17.9. The van der Waals surface area contributed by atoms with Crippen molar-refractivity contribution >= 4 is 6.09 Å². The second-order valence-corrected chi connectivity index (χ2v) is 11.3. The summed E-state index contributed by atoms with van der Waals surface area (Å²) in [6, 6.07) is 19.2. The summed E-state index contributed by atoms with van der Waals surface area (Å²) in [5, 5.41) is 11.5. The molecule has 0 spiro atoms. The number of hydrogen-bond donors (Lipinski definition) is 2. The van der Waals surface area contributed by atoms with Gasteiger partial charge in [0.25, 0.3) is 0 Å². The number of nitrogens with zero attached hydrogens (tertiary/aromatic N) is 4. The lowest BCUT2D eigenvalue weighted by Gasteiger charge is -2.40. The monoisotopic (exact) mass is 537 g/mol. The molecule has 9 heteroatoms. The van der Waals surface area contributed by atoms with Crippen molar-refractivity contribution < 1.29 is 19.1 Å². The second-order valence-electron chi connectivity index (χ2n) is 11.3. The van der Waals surface area contributed by atoms with Crippen LogP contribution in [0.5, 0.6) is 0 Å². The fraction of sp³-hybridized carbons (Fsp3) is 0.467. The molecule has 3 N–H and O–H groups in total. The third-order valence-electron chi connectivity index (χ3n) is 6.90. The highest BCUT2D eigenvalue weighted by atomic mass is 19.1. The van der Waals surface area contributed by atoms with E-state index in [9.17, 15) is 14.3 Å². The number of β-amino-alcohol motifs (C(OH)–C–C–N with tert-alkyl or cyclic N) is 1. The van der Waals surface area contributed by atoms with Crippen LogP contribution in [0.1, 0.15) is 51.0 Å². The number of aliphatic hydroxyl groups is 1. The molecule has 1 fully saturated rings. The van der Waals surface area contributed by atoms with E-state index in [4.69, 9.17) is 15.6 Å². The van der Waals surface area contributed by atoms with E-state index in [-0.39, 0.29) is 19.6 Å². The van der Waals surface area contributed by atoms with Crippen LogP contribution in [0.25, 0.3) is 11.3 Å². The summed E-state index contributed by atoms with van der Waals surface area (Å²) >= 11 is 0. The Bertz CT molecular complexity index is 1200. The fourth-order valence-electron chi connectivity index (χ4n) is 5.04. The van der Waals surface area contributed by atoms with Crippen LogP contribution in [0.4, 0.5) is 9.18 Å². The predicted octanol–water partition coefficient (Wildman–Crippen LogP) is 4.79. The van der Waals surface area contributed by atoms with E-state index in [0.717, 1.165) is 16.8 Å². The molecule has 0 aliphatic carbocycles. The van der Waals surface area contributed by atoms with Crippen LogP contribution in [0.15, 0.2) is 66.9 Å². The number of amides is 1. The van der Waals surface area contributed by atoms with Crippen LogP contribution in [-0.2, 0) is 11.4 Å². The third kappa shape index (κ3) is 7.44. The number of imidazole rings is 1. The van der Waals surface area contributed by atoms with Gasteiger partial charge in [-0.2, -0.15) is 0 Å². The van der Waals surface area contributed by atoms with Crippen molar-refractivity contribution in [3.05, 3.63) is 78.2 Å². The lowest BCUT2D eigenvalue weighted by Crippen LogP contribution is -2.49. The van der Waals surface area contributed by atoms with E-state index in [1.54, 1.807) is 0 Å². The highest BCUT2D eigenvalue weighted by Crippen LogP contribution is 2.39. The molecular weight excluding hydrogens is 497 g/mol. The van der Waals surface area contributed by atoms with Gasteiger partial charge in [0.2, 0.25) is 0 Å². The number of alkyl halides is 1. The lowest BCUT2D eigenvalue weighted by atomic mass is 9.84. The quantitative estimate of drug-likeness (QED) is 0.407. The number of nitrogens with two attached hydrogens (primary N) is 1. The summed E-state index contributed by atoms with van der Waals surface area (Å²) in [4.78, 5) is 25.9. The summed E-state index contributed by atoms with van der Waals surface area (Å²) in [5.41, 5.74) is 7.91. The first kappa shape index (κ1) is 28.7. The van der Waals surface area contributed by atoms with Crippen LogP contribution in [0.2, 0.25) is 0 Å². The Hall–Kier alpha value is -3.27. The van der Waals surface area contributed by atoms with Crippen LogP contribution in [0, 0.1) is 5.41 Å². The largest absolute Gasteiger partial charge is 0.429 e. The smallest absolute Gasteiger partial charge is 0.392 e. The summed E-state index contributed by atoms with van der Waals surface area (Å²) in [7, 11) is 0. The number of piperidine rings is 1. The van der Waals surface area contributed by atoms with E-state index < -0.39 is 29.8 Å². The van der Waals surface area contributed by atoms with Gasteiger partial charge < -0.3 is 20.2 Å². The van der Waals surface area contributed by atoms with Gasteiger partial charge in [0.15, 0.2) is 0 Å². The molecule has 0 radical (unpaired) electrons. The lowest BCUT2D eigenvalue weighted by molar-refractivity contribution is -0.150. The van der Waals surface area contributed by atoms with Crippen LogP contribution >= 0.6 is 0 Å². The Morgan fingerprint density at radius 1 is 1.18 bits per heavy atom. The molecule has 1 aliphatic heterocycles. The number of halogens is 1. The van der Waals surface area contributed by atoms with Gasteiger partial charge in [-0.1, -0.05) is 81.4 Å². The van der Waals surface area contributed by atoms with Crippen molar-refractivity contribution in [2.75, 3.05) is 26.2 Å². The molecule has 4 rings (SSSR count). The molecule has 1 aromatic heterocycles. The second kappa shape index (κ2) is 12.7. The van der Waals surface area contributed by atoms with Gasteiger partial charge in [-0.05, 0) is 23.8 Å². The number of aliphatic hydroxyl groups excluding tert-OH is 1. The first-order valence-corrected chi connectivity index (χ1v) is 13.6. The van der Waals surface area contributed by atoms with Gasteiger partial charge >= 0.3 is 6.09 Å². The van der Waals surface area contributed by atoms with E-state index in [2.05, 4.69) is 0 Å². The van der Waals surface area contributed by atoms with E-state index in [1.165, 1.54) is 9.96 Å². The number of hydroxylamine groups is 2. The summed E-state index contributed by atoms with van der Waals surface area (Å²) < 4.78 is 16.9. The fourth-order valence-corrected chi connectivity index (χ4v) is 5.04. The molecule has 0 saturated carbocycles. The van der Waals surface area contributed by atoms with E-state index >= 15 is 0 Å². The minimum atomic E-state index is -1.44. The maximum absolute atomic E-state index is 14.9. The zero-order valence-corrected chi connectivity index (χ0v) is 23.0. The van der Waals surface area contributed by atoms with Crippen molar-refractivity contribution in [2.24, 2.45) is 11.1 Å². The van der Waals surface area contributed by atoms with E-state index in [0.29, 0.717) is 31.8 Å². The van der Waals surface area contributed by atoms with Gasteiger partial charge in [-0.15, -0.1) is 5.06 Å². The average molecular weight is 538 g/mol. The topological polar surface area (TPSA) is 96.9 Å². The van der Waals surface area contributed by atoms with Crippen LogP contribution < -0.4 is 5.73 Å². The Labute approximate surface area is 230 Å². The van der Waals surface area contributed by atoms with Crippen LogP contribution in [0.3, 0.4) is 0 Å². The third-order valence-corrected chi connectivity index (χ3v) is 6.90. The Balaban J connectivity index is 1.78. The highest BCUT2D eigenvalue weighted by Gasteiger charge is 2.41. The number of rotatable bonds is 9. The van der Waals surface area contributed by atoms with Gasteiger partial charge in [0, 0.05) is 31.4 Å². The van der Waals surface area contributed by atoms with Gasteiger partial charge in [-0.3, -0.25) is 4.90 Å². The molecule has 3 atom stereocenters. The minimum absolute atomic E-state index is 0.219. The molecule has 3 aromatic rings. The molecule has 8 nitrogen and oxygen atoms in total. The first-order valence-electron chi connectivity index (χ1n) is 13.6. The van der Waals surface area contributed by atoms with Crippen molar-refractivity contribution in [2.45, 2.75) is 58.5 Å². The summed E-state index contributed by atoms with van der Waals surface area (Å²) in [6.45, 7) is 6.79. The zero-order chi connectivity index (χ0) is 28.0. The van der Waals surface area contributed by atoms with Crippen molar-refractivity contribution in [3.8, 4) is 11.3 Å². The number of carbonyl (C=O) groups is 1. The number of benzene rings is 2. The number of carbonyl (C=O) groups excluding carboxylic acids is 1. The molecule has 0 bridgehead atoms. The summed E-state index contributed by atoms with van der Waals surface area (Å²) in [6.07, 6.45) is 0.636. The van der Waals surface area contributed by atoms with Crippen molar-refractivity contribution in [3.63, 3.8) is 0 Å². The SMILES string of the molecule is CC(C)(C)[C@H](c1nc(-c2ccccc2)cn1Cc1ccccc1)N(C[C@H](F)CN)C(=O)ON1CCC[C@H](O)C1. The zero-order valence-electron chi connectivity index (χ0n) is 23.0. The standard InChI is InChI=1S/C30H40FN5O3/c1-30(2,3)27(36(19-24(31)17-32)29(38)39-35-16-10-15-25(37)20-35)28-33-26(23-13-8-5-9-14-23)21-34(28)18-22-11-6-4-7-12-22/h4-9,11-14,21,24-25,27,37H,10,15-20,32H2,1-3H3/t24-,25+,27+/m1/s1. The average Bonchev–Trinajstić information content (AvgIpc) is 3.31. The Morgan fingerprint density at radius 3 is 2.46 bits per heavy atom. The predicted molar refractivity (Wildman–Crippen MR) is 149 cm³/mol. The number of hydrogen-bond acceptors (Lipinski definition) is 6. The molecule has 1 saturated heterocycles. The molecule has 2 heterocycles. The summed E-state index contributed by atoms with van der Waals surface area (Å²) in [5.74, 6) is 0.630. The van der Waals surface area contributed by atoms with E-state index in [1.807, 2.05) is 92.2 Å². The van der Waals surface area contributed by atoms with Gasteiger partial charge in [0.1, 0.15) is 12.0 Å². The molecule has 210 valence electrons. The molecular formula is C30H40FN5O3. The molecule has 1 aliphatic rings. The number of aromatic nitrogens is 2. The molecule has 2 aromatic carbocycles. The molecule has 0 unspecified atom stereocenters. The van der Waals surface area contributed by atoms with Crippen LogP contribution in [-0.4, -0.2) is 69.2 Å². The maximum atomic E-state index is 14.9. The minimum Gasteiger partial charge on any atom is -0.392 e. The molecule has 1 amide bonds. The van der Waals surface area contributed by atoms with Gasteiger partial charge in [0.05, 0.1) is 30.9 Å². The van der Waals surface area contributed by atoms with Crippen molar-refractivity contribution in [1.82, 2.24) is 19.5 Å². The highest BCUT2D eigenvalue weighted by molar-refractivity contribution is 5.68.